The van der Waals surface area contributed by atoms with Crippen molar-refractivity contribution in [1.82, 2.24) is 10.2 Å². The van der Waals surface area contributed by atoms with Crippen LogP contribution in [0.1, 0.15) is 29.9 Å². The Hall–Kier alpha value is -3.28. The van der Waals surface area contributed by atoms with Gasteiger partial charge in [-0.25, -0.2) is 4.79 Å². The van der Waals surface area contributed by atoms with Gasteiger partial charge in [0.15, 0.2) is 6.17 Å². The van der Waals surface area contributed by atoms with E-state index in [-0.39, 0.29) is 12.5 Å². The van der Waals surface area contributed by atoms with Gasteiger partial charge >= 0.3 is 12.3 Å². The molecule has 1 fully saturated rings. The van der Waals surface area contributed by atoms with Gasteiger partial charge in [0.2, 0.25) is 0 Å². The summed E-state index contributed by atoms with van der Waals surface area (Å²) in [5, 5.41) is 2.63. The third-order valence-electron chi connectivity index (χ3n) is 5.56. The molecule has 0 unspecified atom stereocenters. The molecule has 0 radical (unpaired) electrons. The molecule has 0 aromatic heterocycles. The number of nitrogens with zero attached hydrogens (tertiary/aromatic N) is 3. The normalized spacial score (nSPS) is 16.4. The zero-order valence-electron chi connectivity index (χ0n) is 16.0. The van der Waals surface area contributed by atoms with Gasteiger partial charge in [0.25, 0.3) is 5.78 Å². The van der Waals surface area contributed by atoms with Crippen LogP contribution in [-0.4, -0.2) is 53.6 Å². The highest BCUT2D eigenvalue weighted by Crippen LogP contribution is 2.44. The monoisotopic (exact) mass is 390 g/mol. The first kappa shape index (κ1) is 19.1. The Kier molecular flexibility index (Phi) is 5.51. The minimum Gasteiger partial charge on any atom is -0.449 e. The average molecular weight is 390 g/mol. The smallest absolute Gasteiger partial charge is 0.408 e. The Bertz CT molecular complexity index is 932. The van der Waals surface area contributed by atoms with E-state index in [0.717, 1.165) is 41.3 Å². The molecule has 4 rings (SSSR count). The van der Waals surface area contributed by atoms with Crippen LogP contribution in [-0.2, 0) is 9.53 Å². The van der Waals surface area contributed by atoms with Gasteiger partial charge in [-0.1, -0.05) is 48.5 Å². The zero-order chi connectivity index (χ0) is 20.2. The standard InChI is InChI=1S/C22H22N4O3/c23-24-13-20(27)21(26-11-5-6-12-26)25-22(28)29-14-19-17-9-3-1-7-15(17)16-8-2-4-10-18(16)19/h1-4,7-10,13,19,21H,5-6,11-12,14H2,(H,25,28)/t21-/m0/s1. The first-order valence-corrected chi connectivity index (χ1v) is 9.76. The Morgan fingerprint density at radius 1 is 1.10 bits per heavy atom. The Morgan fingerprint density at radius 3 is 2.28 bits per heavy atom. The molecule has 1 amide bonds. The molecular formula is C22H22N4O3. The summed E-state index contributed by atoms with van der Waals surface area (Å²) in [5.74, 6) is -0.531. The van der Waals surface area contributed by atoms with Crippen molar-refractivity contribution >= 4 is 18.1 Å². The maximum atomic E-state index is 12.5. The van der Waals surface area contributed by atoms with Gasteiger partial charge in [0, 0.05) is 19.0 Å². The third-order valence-corrected chi connectivity index (χ3v) is 5.56. The lowest BCUT2D eigenvalue weighted by Crippen LogP contribution is -2.52. The topological polar surface area (TPSA) is 95.0 Å². The number of amides is 1. The number of nitrogens with one attached hydrogen (secondary N) is 1. The van der Waals surface area contributed by atoms with E-state index in [0.29, 0.717) is 13.1 Å². The van der Waals surface area contributed by atoms with Crippen LogP contribution in [0.5, 0.6) is 0 Å². The van der Waals surface area contributed by atoms with Crippen LogP contribution in [0.15, 0.2) is 48.5 Å². The molecular weight excluding hydrogens is 368 g/mol. The molecule has 0 saturated carbocycles. The van der Waals surface area contributed by atoms with Crippen molar-refractivity contribution in [2.45, 2.75) is 24.9 Å². The van der Waals surface area contributed by atoms with Crippen LogP contribution in [0.3, 0.4) is 0 Å². The maximum Gasteiger partial charge on any atom is 0.408 e. The Balaban J connectivity index is 1.46. The molecule has 1 heterocycles. The number of benzene rings is 2. The van der Waals surface area contributed by atoms with Crippen molar-refractivity contribution in [3.63, 3.8) is 0 Å². The quantitative estimate of drug-likeness (QED) is 0.466. The number of ether oxygens (including phenoxy) is 1. The molecule has 2 aromatic carbocycles. The molecule has 2 aliphatic rings. The largest absolute Gasteiger partial charge is 0.449 e. The van der Waals surface area contributed by atoms with E-state index in [1.165, 1.54) is 0 Å². The number of hydrogen-bond acceptors (Lipinski definition) is 4. The summed E-state index contributed by atoms with van der Waals surface area (Å²) in [7, 11) is 0. The fourth-order valence-corrected chi connectivity index (χ4v) is 4.22. The van der Waals surface area contributed by atoms with Gasteiger partial charge < -0.3 is 10.3 Å². The minimum absolute atomic E-state index is 0.0481. The van der Waals surface area contributed by atoms with E-state index in [4.69, 9.17) is 10.3 Å². The molecule has 0 spiro atoms. The summed E-state index contributed by atoms with van der Waals surface area (Å²) in [4.78, 5) is 29.4. The first-order valence-electron chi connectivity index (χ1n) is 9.76. The average Bonchev–Trinajstić information content (AvgIpc) is 3.37. The summed E-state index contributed by atoms with van der Waals surface area (Å²) in [6.07, 6.45) is 1.17. The fraction of sp³-hybridized carbons (Fsp3) is 0.318. The van der Waals surface area contributed by atoms with Crippen LogP contribution in [0.25, 0.3) is 16.7 Å². The van der Waals surface area contributed by atoms with Gasteiger partial charge in [0.1, 0.15) is 6.61 Å². The lowest BCUT2D eigenvalue weighted by molar-refractivity contribution is -0.121. The summed E-state index contributed by atoms with van der Waals surface area (Å²) >= 11 is 0. The van der Waals surface area contributed by atoms with E-state index in [1.54, 1.807) is 0 Å². The van der Waals surface area contributed by atoms with E-state index in [1.807, 2.05) is 29.2 Å². The number of carbonyl (C=O) groups excluding carboxylic acids is 2. The van der Waals surface area contributed by atoms with Crippen molar-refractivity contribution < 1.29 is 19.1 Å². The Morgan fingerprint density at radius 2 is 1.69 bits per heavy atom. The lowest BCUT2D eigenvalue weighted by Gasteiger charge is -2.24. The molecule has 2 aromatic rings. The molecule has 7 nitrogen and oxygen atoms in total. The summed E-state index contributed by atoms with van der Waals surface area (Å²) < 4.78 is 5.52. The van der Waals surface area contributed by atoms with E-state index in [2.05, 4.69) is 34.4 Å². The summed E-state index contributed by atoms with van der Waals surface area (Å²) in [6.45, 7) is 1.56. The molecule has 1 saturated heterocycles. The molecule has 0 bridgehead atoms. The van der Waals surface area contributed by atoms with Crippen molar-refractivity contribution in [2.24, 2.45) is 0 Å². The number of Topliss-reactive ketones (excluding diaryl/α,β-unsaturated/α-hetero) is 1. The highest BCUT2D eigenvalue weighted by Gasteiger charge is 2.32. The van der Waals surface area contributed by atoms with Gasteiger partial charge in [0.05, 0.1) is 0 Å². The summed E-state index contributed by atoms with van der Waals surface area (Å²) in [5.41, 5.74) is 13.2. The molecule has 29 heavy (non-hydrogen) atoms. The minimum atomic E-state index is -0.885. The number of hydrogen-bond donors (Lipinski definition) is 1. The second-order valence-electron chi connectivity index (χ2n) is 7.26. The van der Waals surface area contributed by atoms with Crippen LogP contribution in [0.2, 0.25) is 0 Å². The number of likely N-dealkylation sites (tertiary alicyclic amines) is 1. The van der Waals surface area contributed by atoms with Crippen molar-refractivity contribution in [2.75, 3.05) is 19.7 Å². The predicted octanol–water partition coefficient (Wildman–Crippen LogP) is 2.82. The summed E-state index contributed by atoms with van der Waals surface area (Å²) in [6, 6.07) is 16.2. The van der Waals surface area contributed by atoms with Crippen molar-refractivity contribution in [3.05, 3.63) is 65.2 Å². The van der Waals surface area contributed by atoms with E-state index in [9.17, 15) is 9.59 Å². The molecule has 1 N–H and O–H groups in total. The Labute approximate surface area is 168 Å². The maximum absolute atomic E-state index is 12.5. The molecule has 1 aliphatic carbocycles. The van der Waals surface area contributed by atoms with E-state index < -0.39 is 18.0 Å². The van der Waals surface area contributed by atoms with Gasteiger partial charge in [-0.3, -0.25) is 15.0 Å². The zero-order valence-corrected chi connectivity index (χ0v) is 16.0. The number of fused-ring (bicyclic) bond motifs is 3. The van der Waals surface area contributed by atoms with Crippen molar-refractivity contribution in [1.29, 1.82) is 0 Å². The predicted molar refractivity (Wildman–Crippen MR) is 107 cm³/mol. The van der Waals surface area contributed by atoms with Crippen LogP contribution in [0.4, 0.5) is 4.79 Å². The number of alkyl carbamates (subject to hydrolysis) is 1. The van der Waals surface area contributed by atoms with Gasteiger partial charge in [-0.05, 0) is 35.1 Å². The SMILES string of the molecule is [N-]=[N+]=CC(=O)[C@@H](NC(=O)OCC1c2ccccc2-c2ccccc21)N1CCCC1. The second kappa shape index (κ2) is 8.39. The highest BCUT2D eigenvalue weighted by molar-refractivity contribution is 6.27. The third kappa shape index (κ3) is 3.83. The van der Waals surface area contributed by atoms with Crippen LogP contribution < -0.4 is 5.32 Å². The number of ketones is 1. The van der Waals surface area contributed by atoms with Gasteiger partial charge in [-0.2, -0.15) is 4.79 Å². The van der Waals surface area contributed by atoms with E-state index >= 15 is 0 Å². The van der Waals surface area contributed by atoms with Crippen LogP contribution >= 0.6 is 0 Å². The first-order chi connectivity index (χ1) is 14.2. The molecule has 148 valence electrons. The van der Waals surface area contributed by atoms with Crippen molar-refractivity contribution in [3.8, 4) is 11.1 Å². The second-order valence-corrected chi connectivity index (χ2v) is 7.26. The lowest BCUT2D eigenvalue weighted by atomic mass is 9.98. The van der Waals surface area contributed by atoms with Crippen LogP contribution in [0, 0.1) is 0 Å². The number of rotatable bonds is 6. The molecule has 7 heteroatoms. The molecule has 1 atom stereocenters. The molecule has 1 aliphatic heterocycles. The fourth-order valence-electron chi connectivity index (χ4n) is 4.22. The highest BCUT2D eigenvalue weighted by atomic mass is 16.5. The number of carbonyl (C=O) groups is 2. The van der Waals surface area contributed by atoms with Gasteiger partial charge in [-0.15, -0.1) is 0 Å².